The molecule has 0 aliphatic heterocycles. The van der Waals surface area contributed by atoms with Gasteiger partial charge in [0.15, 0.2) is 0 Å². The van der Waals surface area contributed by atoms with Crippen LogP contribution in [0.4, 0.5) is 13.2 Å². The first-order chi connectivity index (χ1) is 8.29. The molecular formula is C11H15F3N2OS. The van der Waals surface area contributed by atoms with Crippen LogP contribution in [0, 0.1) is 6.92 Å². The van der Waals surface area contributed by atoms with Gasteiger partial charge in [-0.2, -0.15) is 13.2 Å². The molecule has 1 amide bonds. The maximum atomic E-state index is 11.9. The van der Waals surface area contributed by atoms with Gasteiger partial charge in [0.2, 0.25) is 5.91 Å². The summed E-state index contributed by atoms with van der Waals surface area (Å²) in [6.07, 6.45) is -4.38. The Morgan fingerprint density at radius 2 is 2.17 bits per heavy atom. The predicted molar refractivity (Wildman–Crippen MR) is 64.4 cm³/mol. The minimum Gasteiger partial charge on any atom is -0.346 e. The molecule has 3 nitrogen and oxygen atoms in total. The van der Waals surface area contributed by atoms with Crippen molar-refractivity contribution < 1.29 is 18.0 Å². The molecule has 0 saturated carbocycles. The minimum absolute atomic E-state index is 0.476. The first-order valence-electron chi connectivity index (χ1n) is 5.40. The van der Waals surface area contributed by atoms with E-state index < -0.39 is 24.7 Å². The molecule has 1 aromatic rings. The van der Waals surface area contributed by atoms with Gasteiger partial charge in [-0.1, -0.05) is 0 Å². The van der Waals surface area contributed by atoms with Crippen molar-refractivity contribution in [1.29, 1.82) is 0 Å². The van der Waals surface area contributed by atoms with Crippen molar-refractivity contribution in [3.8, 4) is 0 Å². The molecular weight excluding hydrogens is 265 g/mol. The first kappa shape index (κ1) is 15.0. The van der Waals surface area contributed by atoms with Gasteiger partial charge in [0.05, 0.1) is 6.04 Å². The number of carbonyl (C=O) groups excluding carboxylic acids is 1. The maximum absolute atomic E-state index is 11.9. The Labute approximate surface area is 107 Å². The summed E-state index contributed by atoms with van der Waals surface area (Å²) in [4.78, 5) is 12.4. The fraction of sp³-hybridized carbons (Fsp3) is 0.545. The number of hydrogen-bond acceptors (Lipinski definition) is 3. The molecule has 0 aliphatic carbocycles. The smallest absolute Gasteiger partial charge is 0.346 e. The molecule has 1 atom stereocenters. The first-order valence-corrected chi connectivity index (χ1v) is 6.28. The summed E-state index contributed by atoms with van der Waals surface area (Å²) < 4.78 is 35.7. The van der Waals surface area contributed by atoms with Crippen LogP contribution in [0.5, 0.6) is 0 Å². The van der Waals surface area contributed by atoms with Gasteiger partial charge < -0.3 is 10.6 Å². The monoisotopic (exact) mass is 280 g/mol. The van der Waals surface area contributed by atoms with Gasteiger partial charge in [-0.3, -0.25) is 4.79 Å². The quantitative estimate of drug-likeness (QED) is 0.868. The van der Waals surface area contributed by atoms with Gasteiger partial charge in [0.25, 0.3) is 0 Å². The fourth-order valence-corrected chi connectivity index (χ4v) is 2.12. The molecule has 102 valence electrons. The molecule has 0 bridgehead atoms. The lowest BCUT2D eigenvalue weighted by molar-refractivity contribution is -0.139. The van der Waals surface area contributed by atoms with Crippen molar-refractivity contribution in [3.63, 3.8) is 0 Å². The highest BCUT2D eigenvalue weighted by Crippen LogP contribution is 2.15. The number of rotatable bonds is 5. The second-order valence-electron chi connectivity index (χ2n) is 3.96. The Morgan fingerprint density at radius 3 is 2.67 bits per heavy atom. The molecule has 2 N–H and O–H groups in total. The lowest BCUT2D eigenvalue weighted by Crippen LogP contribution is -2.44. The van der Waals surface area contributed by atoms with Crippen LogP contribution in [0.2, 0.25) is 0 Å². The van der Waals surface area contributed by atoms with E-state index in [9.17, 15) is 18.0 Å². The third-order valence-corrected chi connectivity index (χ3v) is 3.42. The molecule has 1 rings (SSSR count). The SMILES string of the molecule is Cc1ccsc1CNC(C)C(=O)NCC(F)(F)F. The van der Waals surface area contributed by atoms with E-state index in [1.54, 1.807) is 11.3 Å². The fourth-order valence-electron chi connectivity index (χ4n) is 1.26. The maximum Gasteiger partial charge on any atom is 0.405 e. The summed E-state index contributed by atoms with van der Waals surface area (Å²) in [5.41, 5.74) is 1.11. The van der Waals surface area contributed by atoms with Crippen molar-refractivity contribution in [2.75, 3.05) is 6.54 Å². The summed E-state index contributed by atoms with van der Waals surface area (Å²) in [6, 6.07) is 1.30. The highest BCUT2D eigenvalue weighted by Gasteiger charge is 2.28. The summed E-state index contributed by atoms with van der Waals surface area (Å²) in [7, 11) is 0. The van der Waals surface area contributed by atoms with E-state index in [0.29, 0.717) is 6.54 Å². The van der Waals surface area contributed by atoms with E-state index in [1.807, 2.05) is 23.7 Å². The van der Waals surface area contributed by atoms with Gasteiger partial charge in [0, 0.05) is 11.4 Å². The highest BCUT2D eigenvalue weighted by atomic mass is 32.1. The molecule has 0 aliphatic rings. The average molecular weight is 280 g/mol. The summed E-state index contributed by atoms with van der Waals surface area (Å²) in [5.74, 6) is -0.651. The number of amides is 1. The third-order valence-electron chi connectivity index (χ3n) is 2.39. The Morgan fingerprint density at radius 1 is 1.50 bits per heavy atom. The van der Waals surface area contributed by atoms with Crippen molar-refractivity contribution in [2.24, 2.45) is 0 Å². The van der Waals surface area contributed by atoms with E-state index in [2.05, 4.69) is 5.32 Å². The van der Waals surface area contributed by atoms with Crippen LogP contribution in [0.3, 0.4) is 0 Å². The van der Waals surface area contributed by atoms with Crippen molar-refractivity contribution in [3.05, 3.63) is 21.9 Å². The third kappa shape index (κ3) is 5.05. The molecule has 7 heteroatoms. The van der Waals surface area contributed by atoms with Crippen LogP contribution >= 0.6 is 11.3 Å². The zero-order valence-electron chi connectivity index (χ0n) is 10.1. The van der Waals surface area contributed by atoms with Crippen molar-refractivity contribution in [2.45, 2.75) is 32.6 Å². The topological polar surface area (TPSA) is 41.1 Å². The Balaban J connectivity index is 2.34. The zero-order chi connectivity index (χ0) is 13.8. The van der Waals surface area contributed by atoms with E-state index in [0.717, 1.165) is 10.4 Å². The predicted octanol–water partition coefficient (Wildman–Crippen LogP) is 2.21. The van der Waals surface area contributed by atoms with Gasteiger partial charge >= 0.3 is 6.18 Å². The number of thiophene rings is 1. The van der Waals surface area contributed by atoms with Crippen LogP contribution in [-0.2, 0) is 11.3 Å². The second kappa shape index (κ2) is 6.19. The van der Waals surface area contributed by atoms with E-state index >= 15 is 0 Å². The number of aryl methyl sites for hydroxylation is 1. The normalized spacial score (nSPS) is 13.4. The van der Waals surface area contributed by atoms with E-state index in [4.69, 9.17) is 0 Å². The van der Waals surface area contributed by atoms with Crippen molar-refractivity contribution in [1.82, 2.24) is 10.6 Å². The van der Waals surface area contributed by atoms with E-state index in [-0.39, 0.29) is 0 Å². The van der Waals surface area contributed by atoms with Crippen LogP contribution in [0.1, 0.15) is 17.4 Å². The van der Waals surface area contributed by atoms with Gasteiger partial charge in [-0.15, -0.1) is 11.3 Å². The molecule has 1 heterocycles. The minimum atomic E-state index is -4.38. The Hall–Kier alpha value is -1.08. The number of carbonyl (C=O) groups is 1. The van der Waals surface area contributed by atoms with Gasteiger partial charge in [-0.25, -0.2) is 0 Å². The average Bonchev–Trinajstić information content (AvgIpc) is 2.67. The summed E-state index contributed by atoms with van der Waals surface area (Å²) >= 11 is 1.55. The number of nitrogens with one attached hydrogen (secondary N) is 2. The lowest BCUT2D eigenvalue weighted by atomic mass is 10.2. The largest absolute Gasteiger partial charge is 0.405 e. The molecule has 0 saturated heterocycles. The van der Waals surface area contributed by atoms with Crippen LogP contribution in [0.25, 0.3) is 0 Å². The van der Waals surface area contributed by atoms with Gasteiger partial charge in [0.1, 0.15) is 6.54 Å². The highest BCUT2D eigenvalue weighted by molar-refractivity contribution is 7.10. The molecule has 1 unspecified atom stereocenters. The summed E-state index contributed by atoms with van der Waals surface area (Å²) in [6.45, 7) is 2.66. The lowest BCUT2D eigenvalue weighted by Gasteiger charge is -2.14. The van der Waals surface area contributed by atoms with Crippen LogP contribution in [-0.4, -0.2) is 24.7 Å². The van der Waals surface area contributed by atoms with Crippen LogP contribution < -0.4 is 10.6 Å². The Kier molecular flexibility index (Phi) is 5.15. The molecule has 1 aromatic heterocycles. The molecule has 0 aromatic carbocycles. The molecule has 0 spiro atoms. The van der Waals surface area contributed by atoms with Gasteiger partial charge in [-0.05, 0) is 30.9 Å². The second-order valence-corrected chi connectivity index (χ2v) is 4.96. The van der Waals surface area contributed by atoms with Crippen LogP contribution in [0.15, 0.2) is 11.4 Å². The molecule has 18 heavy (non-hydrogen) atoms. The standard InChI is InChI=1S/C11H15F3N2OS/c1-7-3-4-18-9(7)5-15-8(2)10(17)16-6-11(12,13)14/h3-4,8,15H,5-6H2,1-2H3,(H,16,17). The molecule has 0 radical (unpaired) electrons. The summed E-state index contributed by atoms with van der Waals surface area (Å²) in [5, 5.41) is 6.67. The zero-order valence-corrected chi connectivity index (χ0v) is 10.9. The van der Waals surface area contributed by atoms with Crippen molar-refractivity contribution >= 4 is 17.2 Å². The van der Waals surface area contributed by atoms with E-state index in [1.165, 1.54) is 6.92 Å². The molecule has 0 fully saturated rings. The Bertz CT molecular complexity index is 403. The number of hydrogen-bond donors (Lipinski definition) is 2. The number of alkyl halides is 3. The number of halogens is 3.